The first kappa shape index (κ1) is 17.1. The number of pyridine rings is 1. The van der Waals surface area contributed by atoms with E-state index in [1.165, 1.54) is 18.4 Å². The maximum absolute atomic E-state index is 13.2. The molecule has 3 aliphatic rings. The van der Waals surface area contributed by atoms with Crippen molar-refractivity contribution in [2.45, 2.75) is 37.6 Å². The Morgan fingerprint density at radius 3 is 2.83 bits per heavy atom. The van der Waals surface area contributed by atoms with Gasteiger partial charge < -0.3 is 0 Å². The van der Waals surface area contributed by atoms with Gasteiger partial charge in [-0.2, -0.15) is 15.3 Å². The summed E-state index contributed by atoms with van der Waals surface area (Å²) >= 11 is 5.88. The largest absolute Gasteiger partial charge is 0.292 e. The maximum Gasteiger partial charge on any atom is 0.232 e. The summed E-state index contributed by atoms with van der Waals surface area (Å²) in [7, 11) is 0. The molecule has 0 spiro atoms. The van der Waals surface area contributed by atoms with Crippen LogP contribution in [-0.2, 0) is 11.2 Å². The summed E-state index contributed by atoms with van der Waals surface area (Å²) in [5, 5.41) is 16.2. The number of H-pyrrole nitrogens is 1. The molecule has 7 nitrogen and oxygen atoms in total. The number of carbonyl (C=O) groups excluding carboxylic acids is 1. The van der Waals surface area contributed by atoms with E-state index in [-0.39, 0.29) is 17.9 Å². The lowest BCUT2D eigenvalue weighted by Crippen LogP contribution is -2.32. The molecule has 1 N–H and O–H groups in total. The molecule has 1 aliphatic heterocycles. The van der Waals surface area contributed by atoms with Crippen LogP contribution >= 0.6 is 11.6 Å². The standard InChI is InChI=1S/C21H19ClN6O/c22-19-4-1-11(8-23-19)5-14-13-6-18(13)28(21(14)29)20-7-17(26-27-20)16-10-25-24-9-15(16)12-2-3-12/h1,4,7-10,12-14,18H,2-3,5-6H2,(H,26,27)/t13-,14+,18-/m0/s1. The lowest BCUT2D eigenvalue weighted by Gasteiger charge is -2.18. The Hall–Kier alpha value is -2.80. The Morgan fingerprint density at radius 2 is 2.03 bits per heavy atom. The van der Waals surface area contributed by atoms with E-state index in [1.54, 1.807) is 18.5 Å². The number of halogens is 1. The average molecular weight is 407 g/mol. The number of rotatable bonds is 5. The normalized spacial score (nSPS) is 25.3. The van der Waals surface area contributed by atoms with Crippen LogP contribution < -0.4 is 4.90 Å². The van der Waals surface area contributed by atoms with Gasteiger partial charge in [0.25, 0.3) is 0 Å². The molecule has 0 radical (unpaired) electrons. The predicted octanol–water partition coefficient (Wildman–Crippen LogP) is 3.39. The summed E-state index contributed by atoms with van der Waals surface area (Å²) in [5.41, 5.74) is 4.18. The van der Waals surface area contributed by atoms with Crippen molar-refractivity contribution in [3.05, 3.63) is 53.1 Å². The van der Waals surface area contributed by atoms with Gasteiger partial charge in [-0.3, -0.25) is 14.8 Å². The lowest BCUT2D eigenvalue weighted by atomic mass is 9.96. The van der Waals surface area contributed by atoms with Crippen molar-refractivity contribution in [2.24, 2.45) is 11.8 Å². The van der Waals surface area contributed by atoms with Gasteiger partial charge in [0.2, 0.25) is 5.91 Å². The molecule has 4 heterocycles. The van der Waals surface area contributed by atoms with Crippen molar-refractivity contribution in [2.75, 3.05) is 4.90 Å². The Labute approximate surface area is 172 Å². The number of hydrogen-bond donors (Lipinski definition) is 1. The molecule has 146 valence electrons. The zero-order chi connectivity index (χ0) is 19.5. The fourth-order valence-corrected chi connectivity index (χ4v) is 4.72. The highest BCUT2D eigenvalue weighted by Gasteiger charge is 2.59. The van der Waals surface area contributed by atoms with E-state index in [1.807, 2.05) is 23.2 Å². The maximum atomic E-state index is 13.2. The van der Waals surface area contributed by atoms with Gasteiger partial charge in [-0.1, -0.05) is 17.7 Å². The minimum absolute atomic E-state index is 0.0206. The molecule has 0 unspecified atom stereocenters. The van der Waals surface area contributed by atoms with Crippen LogP contribution in [0.3, 0.4) is 0 Å². The minimum atomic E-state index is -0.0206. The van der Waals surface area contributed by atoms with E-state index < -0.39 is 0 Å². The predicted molar refractivity (Wildman–Crippen MR) is 107 cm³/mol. The summed E-state index contributed by atoms with van der Waals surface area (Å²) < 4.78 is 0. The second kappa shape index (κ2) is 6.35. The average Bonchev–Trinajstić information content (AvgIpc) is 3.65. The molecule has 6 rings (SSSR count). The molecule has 29 heavy (non-hydrogen) atoms. The molecule has 1 saturated heterocycles. The van der Waals surface area contributed by atoms with E-state index in [0.717, 1.165) is 23.2 Å². The van der Waals surface area contributed by atoms with Crippen molar-refractivity contribution in [1.82, 2.24) is 25.4 Å². The fourth-order valence-electron chi connectivity index (χ4n) is 4.61. The number of anilines is 1. The number of nitrogens with one attached hydrogen (secondary N) is 1. The van der Waals surface area contributed by atoms with Crippen LogP contribution in [0.4, 0.5) is 5.82 Å². The smallest absolute Gasteiger partial charge is 0.232 e. The number of nitrogens with zero attached hydrogens (tertiary/aromatic N) is 5. The van der Waals surface area contributed by atoms with Crippen LogP contribution in [0.1, 0.15) is 36.3 Å². The summed E-state index contributed by atoms with van der Waals surface area (Å²) in [6, 6.07) is 5.95. The number of piperidine rings is 1. The number of carbonyl (C=O) groups is 1. The van der Waals surface area contributed by atoms with E-state index in [9.17, 15) is 4.79 Å². The molecule has 0 bridgehead atoms. The van der Waals surface area contributed by atoms with Crippen molar-refractivity contribution < 1.29 is 4.79 Å². The molecule has 3 atom stereocenters. The summed E-state index contributed by atoms with van der Waals surface area (Å²) in [6.07, 6.45) is 9.50. The van der Waals surface area contributed by atoms with E-state index in [2.05, 4.69) is 25.4 Å². The van der Waals surface area contributed by atoms with Gasteiger partial charge in [-0.15, -0.1) is 0 Å². The molecule has 2 saturated carbocycles. The Bertz CT molecular complexity index is 1090. The lowest BCUT2D eigenvalue weighted by molar-refractivity contribution is -0.121. The Kier molecular flexibility index (Phi) is 3.74. The quantitative estimate of drug-likeness (QED) is 0.656. The van der Waals surface area contributed by atoms with Gasteiger partial charge in [0.1, 0.15) is 5.15 Å². The third-order valence-electron chi connectivity index (χ3n) is 6.33. The molecule has 3 fully saturated rings. The van der Waals surface area contributed by atoms with Gasteiger partial charge in [-0.25, -0.2) is 4.98 Å². The zero-order valence-corrected chi connectivity index (χ0v) is 16.4. The second-order valence-corrected chi connectivity index (χ2v) is 8.63. The molecule has 8 heteroatoms. The fraction of sp³-hybridized carbons (Fsp3) is 0.381. The van der Waals surface area contributed by atoms with Gasteiger partial charge in [0, 0.05) is 29.8 Å². The number of amides is 1. The zero-order valence-electron chi connectivity index (χ0n) is 15.6. The molecular weight excluding hydrogens is 388 g/mol. The second-order valence-electron chi connectivity index (χ2n) is 8.25. The first-order chi connectivity index (χ1) is 14.2. The first-order valence-electron chi connectivity index (χ1n) is 9.99. The topological polar surface area (TPSA) is 87.7 Å². The number of aromatic nitrogens is 5. The van der Waals surface area contributed by atoms with Crippen molar-refractivity contribution in [3.63, 3.8) is 0 Å². The van der Waals surface area contributed by atoms with Gasteiger partial charge >= 0.3 is 0 Å². The molecule has 0 aromatic carbocycles. The van der Waals surface area contributed by atoms with Crippen LogP contribution in [-0.4, -0.2) is 37.3 Å². The van der Waals surface area contributed by atoms with Gasteiger partial charge in [0.05, 0.1) is 18.1 Å². The van der Waals surface area contributed by atoms with Crippen LogP contribution in [0.2, 0.25) is 5.15 Å². The summed E-state index contributed by atoms with van der Waals surface area (Å²) in [4.78, 5) is 19.2. The molecule has 1 amide bonds. The monoisotopic (exact) mass is 406 g/mol. The number of fused-ring (bicyclic) bond motifs is 1. The van der Waals surface area contributed by atoms with Crippen LogP contribution in [0.25, 0.3) is 11.3 Å². The van der Waals surface area contributed by atoms with Crippen LogP contribution in [0.5, 0.6) is 0 Å². The van der Waals surface area contributed by atoms with E-state index >= 15 is 0 Å². The van der Waals surface area contributed by atoms with E-state index in [0.29, 0.717) is 29.2 Å². The Morgan fingerprint density at radius 1 is 1.17 bits per heavy atom. The SMILES string of the molecule is O=C1[C@H](Cc2ccc(Cl)nc2)[C@@H]2C[C@@H]2N1c1cc(-c2cnncc2C2CC2)[nH]n1. The molecular formula is C21H19ClN6O. The van der Waals surface area contributed by atoms with Crippen molar-refractivity contribution in [3.8, 4) is 11.3 Å². The van der Waals surface area contributed by atoms with Gasteiger partial charge in [-0.05, 0) is 54.7 Å². The van der Waals surface area contributed by atoms with Crippen LogP contribution in [0.15, 0.2) is 36.8 Å². The third-order valence-corrected chi connectivity index (χ3v) is 6.56. The number of aromatic amines is 1. The van der Waals surface area contributed by atoms with Crippen molar-refractivity contribution >= 4 is 23.3 Å². The molecule has 3 aromatic rings. The third kappa shape index (κ3) is 2.92. The minimum Gasteiger partial charge on any atom is -0.292 e. The molecule has 3 aromatic heterocycles. The highest BCUT2D eigenvalue weighted by atomic mass is 35.5. The van der Waals surface area contributed by atoms with Gasteiger partial charge in [0.15, 0.2) is 5.82 Å². The number of hydrogen-bond acceptors (Lipinski definition) is 5. The highest BCUT2D eigenvalue weighted by Crippen LogP contribution is 2.52. The summed E-state index contributed by atoms with van der Waals surface area (Å²) in [5.74, 6) is 1.78. The molecule has 2 aliphatic carbocycles. The van der Waals surface area contributed by atoms with Crippen LogP contribution in [0, 0.1) is 11.8 Å². The van der Waals surface area contributed by atoms with Crippen molar-refractivity contribution in [1.29, 1.82) is 0 Å². The highest BCUT2D eigenvalue weighted by molar-refractivity contribution is 6.29. The summed E-state index contributed by atoms with van der Waals surface area (Å²) in [6.45, 7) is 0. The Balaban J connectivity index is 1.26. The van der Waals surface area contributed by atoms with E-state index in [4.69, 9.17) is 11.6 Å². The first-order valence-corrected chi connectivity index (χ1v) is 10.4.